The third kappa shape index (κ3) is 4.44. The van der Waals surface area contributed by atoms with Crippen LogP contribution in [0.4, 0.5) is 11.4 Å². The molecule has 2 aromatic rings. The molecule has 170 valence electrons. The van der Waals surface area contributed by atoms with Crippen LogP contribution in [-0.2, 0) is 19.1 Å². The topological polar surface area (TPSA) is 79.0 Å². The maximum atomic E-state index is 13.5. The number of carbonyl (C=O) groups is 3. The van der Waals surface area contributed by atoms with Gasteiger partial charge in [0.25, 0.3) is 11.8 Å². The fourth-order valence-electron chi connectivity index (χ4n) is 3.79. The molecule has 2 aliphatic rings. The van der Waals surface area contributed by atoms with Crippen LogP contribution in [0.5, 0.6) is 0 Å². The van der Waals surface area contributed by atoms with Crippen molar-refractivity contribution in [1.29, 1.82) is 0 Å². The molecule has 0 aliphatic carbocycles. The highest BCUT2D eigenvalue weighted by Gasteiger charge is 2.42. The van der Waals surface area contributed by atoms with E-state index in [1.807, 2.05) is 32.0 Å². The van der Waals surface area contributed by atoms with Crippen molar-refractivity contribution in [2.24, 2.45) is 0 Å². The van der Waals surface area contributed by atoms with Gasteiger partial charge in [-0.2, -0.15) is 0 Å². The molecule has 2 aromatic carbocycles. The minimum atomic E-state index is -0.389. The summed E-state index contributed by atoms with van der Waals surface area (Å²) in [6.45, 7) is 4.34. The average Bonchev–Trinajstić information content (AvgIpc) is 3.21. The molecule has 0 aromatic heterocycles. The molecule has 2 heterocycles. The number of fused-ring (bicyclic) bond motifs is 1. The van der Waals surface area contributed by atoms with E-state index in [9.17, 15) is 14.4 Å². The molecule has 33 heavy (non-hydrogen) atoms. The van der Waals surface area contributed by atoms with Gasteiger partial charge in [0.05, 0.1) is 29.3 Å². The number of ether oxygens (including phenoxy) is 1. The molecule has 2 aliphatic heterocycles. The number of nitrogens with one attached hydrogen (secondary N) is 1. The molecule has 1 fully saturated rings. The number of para-hydroxylation sites is 1. The summed E-state index contributed by atoms with van der Waals surface area (Å²) in [6, 6.07) is 13.0. The Labute approximate surface area is 201 Å². The molecule has 1 N–H and O–H groups in total. The van der Waals surface area contributed by atoms with Crippen molar-refractivity contribution in [3.8, 4) is 0 Å². The van der Waals surface area contributed by atoms with Crippen molar-refractivity contribution in [2.45, 2.75) is 13.8 Å². The minimum Gasteiger partial charge on any atom is -0.383 e. The number of amides is 3. The van der Waals surface area contributed by atoms with Crippen LogP contribution in [0.1, 0.15) is 16.7 Å². The standard InChI is InChI=1S/C24H23N3O4S2/c1-14-8-9-15(2)17(12-14)25-19(28)13-27-18-7-5-4-6-16(18)20(22(27)29)21-23(30)26(10-11-31-3)24(32)33-21/h4-9,12H,10-11,13H2,1-3H3,(H,25,28)/b21-20+. The summed E-state index contributed by atoms with van der Waals surface area (Å²) >= 11 is 6.47. The number of hydrogen-bond acceptors (Lipinski definition) is 6. The first-order chi connectivity index (χ1) is 15.8. The Kier molecular flexibility index (Phi) is 6.64. The number of thiocarbonyl (C=S) groups is 1. The normalized spacial score (nSPS) is 17.7. The first-order valence-corrected chi connectivity index (χ1v) is 11.6. The van der Waals surface area contributed by atoms with Gasteiger partial charge in [-0.3, -0.25) is 24.2 Å². The zero-order valence-corrected chi connectivity index (χ0v) is 20.1. The third-order valence-electron chi connectivity index (χ3n) is 5.49. The lowest BCUT2D eigenvalue weighted by Crippen LogP contribution is -2.36. The molecule has 0 atom stereocenters. The second kappa shape index (κ2) is 9.46. The van der Waals surface area contributed by atoms with Gasteiger partial charge in [-0.15, -0.1) is 0 Å². The smallest absolute Gasteiger partial charge is 0.267 e. The summed E-state index contributed by atoms with van der Waals surface area (Å²) in [4.78, 5) is 42.5. The van der Waals surface area contributed by atoms with Crippen LogP contribution in [0.25, 0.3) is 5.57 Å². The maximum Gasteiger partial charge on any atom is 0.267 e. The summed E-state index contributed by atoms with van der Waals surface area (Å²) in [7, 11) is 1.55. The molecule has 0 radical (unpaired) electrons. The number of benzene rings is 2. The minimum absolute atomic E-state index is 0.170. The average molecular weight is 482 g/mol. The largest absolute Gasteiger partial charge is 0.383 e. The van der Waals surface area contributed by atoms with Crippen LogP contribution in [0, 0.1) is 13.8 Å². The van der Waals surface area contributed by atoms with Crippen molar-refractivity contribution < 1.29 is 19.1 Å². The van der Waals surface area contributed by atoms with Gasteiger partial charge in [0.15, 0.2) is 0 Å². The molecule has 1 saturated heterocycles. The van der Waals surface area contributed by atoms with Gasteiger partial charge in [-0.05, 0) is 37.1 Å². The lowest BCUT2D eigenvalue weighted by atomic mass is 10.1. The van der Waals surface area contributed by atoms with Gasteiger partial charge >= 0.3 is 0 Å². The highest BCUT2D eigenvalue weighted by molar-refractivity contribution is 8.26. The molecular weight excluding hydrogens is 458 g/mol. The fraction of sp³-hybridized carbons (Fsp3) is 0.250. The monoisotopic (exact) mass is 481 g/mol. The number of thioether (sulfide) groups is 1. The van der Waals surface area contributed by atoms with E-state index in [1.54, 1.807) is 31.4 Å². The molecule has 7 nitrogen and oxygen atoms in total. The van der Waals surface area contributed by atoms with E-state index in [2.05, 4.69) is 5.32 Å². The summed E-state index contributed by atoms with van der Waals surface area (Å²) in [5.41, 5.74) is 4.16. The highest BCUT2D eigenvalue weighted by atomic mass is 32.2. The van der Waals surface area contributed by atoms with Crippen molar-refractivity contribution in [1.82, 2.24) is 4.90 Å². The van der Waals surface area contributed by atoms with Crippen molar-refractivity contribution in [2.75, 3.05) is 37.0 Å². The third-order valence-corrected chi connectivity index (χ3v) is 6.94. The maximum absolute atomic E-state index is 13.5. The lowest BCUT2D eigenvalue weighted by molar-refractivity contribution is -0.122. The highest BCUT2D eigenvalue weighted by Crippen LogP contribution is 2.44. The SMILES string of the molecule is COCCN1C(=O)/C(=C2\C(=O)N(CC(=O)Nc3cc(C)ccc3C)c3ccccc32)SC1=S. The van der Waals surface area contributed by atoms with Crippen LogP contribution < -0.4 is 10.2 Å². The molecule has 0 spiro atoms. The van der Waals surface area contributed by atoms with Crippen LogP contribution in [0.15, 0.2) is 47.4 Å². The van der Waals surface area contributed by atoms with Crippen LogP contribution in [0.2, 0.25) is 0 Å². The van der Waals surface area contributed by atoms with E-state index in [0.717, 1.165) is 22.9 Å². The summed E-state index contributed by atoms with van der Waals surface area (Å²) < 4.78 is 5.45. The number of aryl methyl sites for hydroxylation is 2. The first-order valence-electron chi connectivity index (χ1n) is 10.4. The van der Waals surface area contributed by atoms with E-state index in [1.165, 1.54) is 9.80 Å². The van der Waals surface area contributed by atoms with Crippen molar-refractivity contribution in [3.63, 3.8) is 0 Å². The zero-order chi connectivity index (χ0) is 23.7. The predicted molar refractivity (Wildman–Crippen MR) is 134 cm³/mol. The molecule has 3 amide bonds. The van der Waals surface area contributed by atoms with E-state index >= 15 is 0 Å². The van der Waals surface area contributed by atoms with Crippen molar-refractivity contribution >= 4 is 63.0 Å². The Morgan fingerprint density at radius 1 is 1.09 bits per heavy atom. The second-order valence-electron chi connectivity index (χ2n) is 7.80. The quantitative estimate of drug-likeness (QED) is 0.503. The molecule has 4 rings (SSSR count). The fourth-order valence-corrected chi connectivity index (χ4v) is 5.17. The number of nitrogens with zero attached hydrogens (tertiary/aromatic N) is 2. The number of carbonyl (C=O) groups excluding carboxylic acids is 3. The molecule has 0 saturated carbocycles. The van der Waals surface area contributed by atoms with E-state index in [0.29, 0.717) is 34.4 Å². The lowest BCUT2D eigenvalue weighted by Gasteiger charge is -2.17. The molecule has 0 bridgehead atoms. The van der Waals surface area contributed by atoms with Crippen LogP contribution >= 0.6 is 24.0 Å². The number of methoxy groups -OCH3 is 1. The Morgan fingerprint density at radius 2 is 1.85 bits per heavy atom. The second-order valence-corrected chi connectivity index (χ2v) is 9.44. The van der Waals surface area contributed by atoms with Gasteiger partial charge in [0.1, 0.15) is 10.9 Å². The van der Waals surface area contributed by atoms with E-state index in [-0.39, 0.29) is 34.7 Å². The Hall–Kier alpha value is -3.01. The van der Waals surface area contributed by atoms with Crippen LogP contribution in [0.3, 0.4) is 0 Å². The van der Waals surface area contributed by atoms with E-state index in [4.69, 9.17) is 17.0 Å². The number of anilines is 2. The van der Waals surface area contributed by atoms with Gasteiger partial charge in [-0.1, -0.05) is 54.3 Å². The Bertz CT molecular complexity index is 1210. The molecule has 0 unspecified atom stereocenters. The number of rotatable bonds is 6. The first kappa shape index (κ1) is 23.2. The predicted octanol–water partition coefficient (Wildman–Crippen LogP) is 3.51. The Morgan fingerprint density at radius 3 is 2.61 bits per heavy atom. The summed E-state index contributed by atoms with van der Waals surface area (Å²) in [6.07, 6.45) is 0. The van der Waals surface area contributed by atoms with Crippen molar-refractivity contribution in [3.05, 3.63) is 64.1 Å². The Balaban J connectivity index is 1.63. The van der Waals surface area contributed by atoms with Crippen LogP contribution in [-0.4, -0.2) is 53.7 Å². The van der Waals surface area contributed by atoms with Gasteiger partial charge in [0, 0.05) is 18.4 Å². The summed E-state index contributed by atoms with van der Waals surface area (Å²) in [5, 5.41) is 2.90. The van der Waals surface area contributed by atoms with Gasteiger partial charge in [-0.25, -0.2) is 0 Å². The molecular formula is C24H23N3O4S2. The van der Waals surface area contributed by atoms with E-state index < -0.39 is 0 Å². The number of hydrogen-bond donors (Lipinski definition) is 1. The van der Waals surface area contributed by atoms with Gasteiger partial charge in [0.2, 0.25) is 5.91 Å². The summed E-state index contributed by atoms with van der Waals surface area (Å²) in [5.74, 6) is -1.03. The van der Waals surface area contributed by atoms with Gasteiger partial charge < -0.3 is 10.1 Å². The molecule has 9 heteroatoms. The zero-order valence-electron chi connectivity index (χ0n) is 18.5.